The van der Waals surface area contributed by atoms with Crippen molar-refractivity contribution in [3.63, 3.8) is 0 Å². The number of hydrogen-bond donors (Lipinski definition) is 2. The first kappa shape index (κ1) is 19.7. The summed E-state index contributed by atoms with van der Waals surface area (Å²) in [5.74, 6) is 0.0834. The van der Waals surface area contributed by atoms with Crippen LogP contribution in [0.15, 0.2) is 78.9 Å². The Morgan fingerprint density at radius 2 is 1.53 bits per heavy atom. The van der Waals surface area contributed by atoms with Crippen molar-refractivity contribution in [1.29, 1.82) is 0 Å². The lowest BCUT2D eigenvalue weighted by atomic mass is 9.88. The molecule has 2 amide bonds. The molecule has 0 aromatic heterocycles. The lowest BCUT2D eigenvalue weighted by molar-refractivity contribution is -0.129. The lowest BCUT2D eigenvalue weighted by Crippen LogP contribution is -2.45. The Morgan fingerprint density at radius 1 is 0.933 bits per heavy atom. The standard InChI is InChI=1S/C25H24N2O3/c1-25(2)24(29)27-23-20(14-9-15-21(23)30-25)26-22(28)16-19(17-10-5-3-6-11-17)18-12-7-4-8-13-18/h3-15,19H,16H2,1-2H3,(H,26,28)(H,27,29). The molecule has 0 saturated heterocycles. The quantitative estimate of drug-likeness (QED) is 0.636. The third-order valence-corrected chi connectivity index (χ3v) is 5.24. The van der Waals surface area contributed by atoms with E-state index in [0.29, 0.717) is 17.1 Å². The third kappa shape index (κ3) is 4.06. The van der Waals surface area contributed by atoms with E-state index in [0.717, 1.165) is 11.1 Å². The molecule has 152 valence electrons. The second kappa shape index (κ2) is 8.03. The molecule has 1 aliphatic rings. The van der Waals surface area contributed by atoms with Crippen LogP contribution in [0.5, 0.6) is 5.75 Å². The van der Waals surface area contributed by atoms with Crippen LogP contribution in [0.25, 0.3) is 0 Å². The largest absolute Gasteiger partial charge is 0.476 e. The number of amides is 2. The van der Waals surface area contributed by atoms with Crippen LogP contribution in [-0.2, 0) is 9.59 Å². The van der Waals surface area contributed by atoms with Gasteiger partial charge in [-0.2, -0.15) is 0 Å². The summed E-state index contributed by atoms with van der Waals surface area (Å²) in [4.78, 5) is 25.3. The lowest BCUT2D eigenvalue weighted by Gasteiger charge is -2.32. The number of para-hydroxylation sites is 1. The van der Waals surface area contributed by atoms with Gasteiger partial charge in [0.15, 0.2) is 5.60 Å². The molecule has 5 heteroatoms. The van der Waals surface area contributed by atoms with Crippen LogP contribution >= 0.6 is 0 Å². The van der Waals surface area contributed by atoms with Crippen LogP contribution in [0.4, 0.5) is 11.4 Å². The first-order chi connectivity index (χ1) is 14.4. The van der Waals surface area contributed by atoms with Crippen LogP contribution in [-0.4, -0.2) is 17.4 Å². The molecule has 3 aromatic carbocycles. The van der Waals surface area contributed by atoms with Gasteiger partial charge in [-0.15, -0.1) is 0 Å². The van der Waals surface area contributed by atoms with Crippen molar-refractivity contribution in [2.45, 2.75) is 31.8 Å². The number of carbonyl (C=O) groups excluding carboxylic acids is 2. The van der Waals surface area contributed by atoms with Crippen LogP contribution < -0.4 is 15.4 Å². The Balaban J connectivity index is 1.58. The van der Waals surface area contributed by atoms with E-state index in [1.54, 1.807) is 32.0 Å². The Hall–Kier alpha value is -3.60. The predicted molar refractivity (Wildman–Crippen MR) is 118 cm³/mol. The van der Waals surface area contributed by atoms with Gasteiger partial charge >= 0.3 is 0 Å². The number of rotatable bonds is 5. The predicted octanol–water partition coefficient (Wildman–Crippen LogP) is 4.96. The molecular formula is C25H24N2O3. The second-order valence-electron chi connectivity index (χ2n) is 7.87. The van der Waals surface area contributed by atoms with Crippen LogP contribution in [0, 0.1) is 0 Å². The van der Waals surface area contributed by atoms with E-state index in [-0.39, 0.29) is 24.2 Å². The summed E-state index contributed by atoms with van der Waals surface area (Å²) in [6.07, 6.45) is 0.276. The summed E-state index contributed by atoms with van der Waals surface area (Å²) in [5.41, 5.74) is 2.22. The molecule has 0 bridgehead atoms. The van der Waals surface area contributed by atoms with Crippen molar-refractivity contribution >= 4 is 23.2 Å². The molecule has 0 atom stereocenters. The Bertz CT molecular complexity index is 1020. The van der Waals surface area contributed by atoms with Gasteiger partial charge in [-0.25, -0.2) is 0 Å². The second-order valence-corrected chi connectivity index (χ2v) is 7.87. The Morgan fingerprint density at radius 3 is 2.13 bits per heavy atom. The van der Waals surface area contributed by atoms with E-state index in [9.17, 15) is 9.59 Å². The number of benzene rings is 3. The number of hydrogen-bond acceptors (Lipinski definition) is 3. The zero-order valence-electron chi connectivity index (χ0n) is 17.0. The molecule has 1 aliphatic heterocycles. The molecular weight excluding hydrogens is 376 g/mol. The highest BCUT2D eigenvalue weighted by Crippen LogP contribution is 2.39. The van der Waals surface area contributed by atoms with Gasteiger partial charge < -0.3 is 15.4 Å². The topological polar surface area (TPSA) is 67.4 Å². The van der Waals surface area contributed by atoms with Gasteiger partial charge in [0.2, 0.25) is 5.91 Å². The minimum Gasteiger partial charge on any atom is -0.476 e. The molecule has 0 fully saturated rings. The number of anilines is 2. The van der Waals surface area contributed by atoms with E-state index in [1.165, 1.54) is 0 Å². The zero-order valence-corrected chi connectivity index (χ0v) is 17.0. The highest BCUT2D eigenvalue weighted by atomic mass is 16.5. The number of nitrogens with one attached hydrogen (secondary N) is 2. The smallest absolute Gasteiger partial charge is 0.268 e. The van der Waals surface area contributed by atoms with Crippen molar-refractivity contribution in [3.8, 4) is 5.75 Å². The molecule has 4 rings (SSSR count). The van der Waals surface area contributed by atoms with E-state index < -0.39 is 5.60 Å². The minimum atomic E-state index is -0.957. The molecule has 5 nitrogen and oxygen atoms in total. The summed E-state index contributed by atoms with van der Waals surface area (Å²) in [6, 6.07) is 25.3. The van der Waals surface area contributed by atoms with Crippen LogP contribution in [0.2, 0.25) is 0 Å². The van der Waals surface area contributed by atoms with Gasteiger partial charge in [-0.05, 0) is 37.1 Å². The Labute approximate surface area is 176 Å². The van der Waals surface area contributed by atoms with Gasteiger partial charge in [0.1, 0.15) is 11.4 Å². The van der Waals surface area contributed by atoms with E-state index in [4.69, 9.17) is 4.74 Å². The molecule has 3 aromatic rings. The van der Waals surface area contributed by atoms with E-state index in [2.05, 4.69) is 10.6 Å². The molecule has 0 unspecified atom stereocenters. The molecule has 0 aliphatic carbocycles. The number of ether oxygens (including phenoxy) is 1. The fourth-order valence-corrected chi connectivity index (χ4v) is 3.62. The maximum atomic E-state index is 13.0. The molecule has 30 heavy (non-hydrogen) atoms. The fraction of sp³-hybridized carbons (Fsp3) is 0.200. The molecule has 1 heterocycles. The highest BCUT2D eigenvalue weighted by molar-refractivity contribution is 6.05. The van der Waals surface area contributed by atoms with Crippen molar-refractivity contribution in [2.75, 3.05) is 10.6 Å². The average molecular weight is 400 g/mol. The maximum Gasteiger partial charge on any atom is 0.268 e. The fourth-order valence-electron chi connectivity index (χ4n) is 3.62. The van der Waals surface area contributed by atoms with Crippen molar-refractivity contribution < 1.29 is 14.3 Å². The number of carbonyl (C=O) groups is 2. The third-order valence-electron chi connectivity index (χ3n) is 5.24. The molecule has 0 saturated carbocycles. The van der Waals surface area contributed by atoms with Crippen molar-refractivity contribution in [3.05, 3.63) is 90.0 Å². The average Bonchev–Trinajstić information content (AvgIpc) is 2.74. The first-order valence-corrected chi connectivity index (χ1v) is 9.97. The van der Waals surface area contributed by atoms with Gasteiger partial charge in [0.05, 0.1) is 5.69 Å². The van der Waals surface area contributed by atoms with E-state index >= 15 is 0 Å². The minimum absolute atomic E-state index is 0.0725. The SMILES string of the molecule is CC1(C)Oc2cccc(NC(=O)CC(c3ccccc3)c3ccccc3)c2NC1=O. The number of fused-ring (bicyclic) bond motifs is 1. The summed E-state index contributed by atoms with van der Waals surface area (Å²) in [5, 5.41) is 5.82. The molecule has 2 N–H and O–H groups in total. The first-order valence-electron chi connectivity index (χ1n) is 9.97. The van der Waals surface area contributed by atoms with Gasteiger partial charge in [-0.3, -0.25) is 9.59 Å². The van der Waals surface area contributed by atoms with Crippen LogP contribution in [0.3, 0.4) is 0 Å². The Kier molecular flexibility index (Phi) is 5.27. The van der Waals surface area contributed by atoms with Crippen molar-refractivity contribution in [2.24, 2.45) is 0 Å². The maximum absolute atomic E-state index is 13.0. The van der Waals surface area contributed by atoms with Crippen molar-refractivity contribution in [1.82, 2.24) is 0 Å². The summed E-state index contributed by atoms with van der Waals surface area (Å²) in [7, 11) is 0. The molecule has 0 spiro atoms. The summed E-state index contributed by atoms with van der Waals surface area (Å²) in [6.45, 7) is 3.42. The highest BCUT2D eigenvalue weighted by Gasteiger charge is 2.36. The summed E-state index contributed by atoms with van der Waals surface area (Å²) >= 11 is 0. The van der Waals surface area contributed by atoms with Crippen LogP contribution in [0.1, 0.15) is 37.3 Å². The van der Waals surface area contributed by atoms with Gasteiger partial charge in [0, 0.05) is 12.3 Å². The molecule has 0 radical (unpaired) electrons. The summed E-state index contributed by atoms with van der Waals surface area (Å²) < 4.78 is 5.81. The van der Waals surface area contributed by atoms with Gasteiger partial charge in [0.25, 0.3) is 5.91 Å². The normalized spacial score (nSPS) is 14.4. The zero-order chi connectivity index (χ0) is 21.1. The van der Waals surface area contributed by atoms with Gasteiger partial charge in [-0.1, -0.05) is 66.7 Å². The monoisotopic (exact) mass is 400 g/mol. The van der Waals surface area contributed by atoms with E-state index in [1.807, 2.05) is 60.7 Å².